The molecule has 3 N–H and O–H groups in total. The number of aromatic nitrogens is 2. The first kappa shape index (κ1) is 33.7. The van der Waals surface area contributed by atoms with E-state index in [0.29, 0.717) is 42.1 Å². The van der Waals surface area contributed by atoms with Crippen LogP contribution >= 0.6 is 0 Å². The quantitative estimate of drug-likeness (QED) is 0.310. The van der Waals surface area contributed by atoms with Crippen LogP contribution < -0.4 is 21.7 Å². The zero-order chi connectivity index (χ0) is 35.2. The number of amides is 3. The molecule has 50 heavy (non-hydrogen) atoms. The first-order valence-corrected chi connectivity index (χ1v) is 17.9. The number of piperidine rings is 1. The largest absolute Gasteiger partial charge is 0.459 e. The molecular weight excluding hydrogens is 634 g/mol. The van der Waals surface area contributed by atoms with Crippen molar-refractivity contribution in [3.8, 4) is 6.07 Å². The number of carbonyl (C=O) groups excluding carboxylic acids is 3. The molecule has 2 aromatic carbocycles. The summed E-state index contributed by atoms with van der Waals surface area (Å²) in [5.74, 6) is -0.253. The van der Waals surface area contributed by atoms with Crippen LogP contribution in [0.4, 0.5) is 0 Å². The number of aryl methyl sites for hydroxylation is 2. The molecule has 2 saturated carbocycles. The summed E-state index contributed by atoms with van der Waals surface area (Å²) in [7, 11) is 3.21. The Balaban J connectivity index is 1.38. The van der Waals surface area contributed by atoms with E-state index in [-0.39, 0.29) is 48.4 Å². The lowest BCUT2D eigenvalue weighted by atomic mass is 9.67. The van der Waals surface area contributed by atoms with Gasteiger partial charge in [0.25, 0.3) is 11.8 Å². The van der Waals surface area contributed by atoms with Gasteiger partial charge in [-0.15, -0.1) is 0 Å². The Kier molecular flexibility index (Phi) is 9.11. The lowest BCUT2D eigenvalue weighted by Crippen LogP contribution is -2.47. The van der Waals surface area contributed by atoms with Crippen LogP contribution in [0.5, 0.6) is 0 Å². The standard InChI is InChI=1S/C38H45N7O5/c1-22(42-21-33(46)44-29(20-39)17-27-18-32(27)44)19-38(36-43-37(49)50-45(36)28-7-5-4-6-8-28)30-13-11-25(34(47)40-2)15-23(30)9-10-24-16-26(35(48)41-3)12-14-31(24)38/h11-16,22,27-29,32,42H,4-10,17-19,21H2,1-3H3,(H,40,47)(H,41,48)/t22-,27+,29?,32-/m0/s1. The van der Waals surface area contributed by atoms with Gasteiger partial charge in [-0.25, -0.2) is 4.79 Å². The molecule has 1 saturated heterocycles. The number of nitrogens with one attached hydrogen (secondary N) is 3. The Morgan fingerprint density at radius 1 is 0.980 bits per heavy atom. The highest BCUT2D eigenvalue weighted by Gasteiger charge is 2.54. The highest BCUT2D eigenvalue weighted by Crippen LogP contribution is 2.49. The number of hydrogen-bond donors (Lipinski definition) is 3. The fourth-order valence-corrected chi connectivity index (χ4v) is 8.92. The highest BCUT2D eigenvalue weighted by molar-refractivity contribution is 5.95. The van der Waals surface area contributed by atoms with Gasteiger partial charge in [-0.3, -0.25) is 14.4 Å². The maximum Gasteiger partial charge on any atom is 0.459 e. The SMILES string of the molecule is CNC(=O)c1ccc2c(c1)CCc1cc(C(=O)NC)ccc1C2(C[C@H](C)NCC(=O)N1C(C#N)C[C@@H]2C[C@@H]21)c1nc(=O)on1C1CCCCC1. The number of fused-ring (bicyclic) bond motifs is 3. The summed E-state index contributed by atoms with van der Waals surface area (Å²) in [6, 6.07) is 13.1. The lowest BCUT2D eigenvalue weighted by Gasteiger charge is -2.39. The molecule has 0 radical (unpaired) electrons. The van der Waals surface area contributed by atoms with E-state index in [2.05, 4.69) is 27.0 Å². The minimum Gasteiger partial charge on any atom is -0.355 e. The Labute approximate surface area is 291 Å². The number of nitrogens with zero attached hydrogens (tertiary/aromatic N) is 4. The lowest BCUT2D eigenvalue weighted by molar-refractivity contribution is -0.131. The molecule has 3 amide bonds. The first-order chi connectivity index (χ1) is 24.2. The van der Waals surface area contributed by atoms with Crippen LogP contribution in [-0.2, 0) is 23.1 Å². The van der Waals surface area contributed by atoms with Gasteiger partial charge in [0, 0.05) is 37.3 Å². The third-order valence-electron chi connectivity index (χ3n) is 11.4. The molecule has 0 bridgehead atoms. The van der Waals surface area contributed by atoms with Crippen LogP contribution in [0.3, 0.4) is 0 Å². The predicted molar refractivity (Wildman–Crippen MR) is 185 cm³/mol. The van der Waals surface area contributed by atoms with Crippen LogP contribution in [0, 0.1) is 17.2 Å². The van der Waals surface area contributed by atoms with Crippen LogP contribution in [-0.4, -0.2) is 71.1 Å². The molecule has 7 rings (SSSR count). The molecular formula is C38H45N7O5. The van der Waals surface area contributed by atoms with E-state index in [9.17, 15) is 24.4 Å². The van der Waals surface area contributed by atoms with E-state index in [4.69, 9.17) is 4.52 Å². The van der Waals surface area contributed by atoms with Crippen molar-refractivity contribution in [3.63, 3.8) is 0 Å². The Morgan fingerprint density at radius 3 is 2.18 bits per heavy atom. The molecule has 1 aliphatic heterocycles. The smallest absolute Gasteiger partial charge is 0.355 e. The normalized spacial score (nSPS) is 22.7. The van der Waals surface area contributed by atoms with E-state index in [1.165, 1.54) is 0 Å². The zero-order valence-corrected chi connectivity index (χ0v) is 29.0. The van der Waals surface area contributed by atoms with Gasteiger partial charge in [0.2, 0.25) is 5.91 Å². The number of rotatable bonds is 9. The molecule has 1 unspecified atom stereocenters. The third-order valence-corrected chi connectivity index (χ3v) is 11.4. The Hall–Kier alpha value is -4.76. The van der Waals surface area contributed by atoms with Gasteiger partial charge >= 0.3 is 5.76 Å². The summed E-state index contributed by atoms with van der Waals surface area (Å²) in [5, 5.41) is 18.6. The van der Waals surface area contributed by atoms with Gasteiger partial charge in [-0.05, 0) is 104 Å². The van der Waals surface area contributed by atoms with Crippen molar-refractivity contribution in [2.45, 2.75) is 101 Å². The van der Waals surface area contributed by atoms with Gasteiger partial charge in [0.15, 0.2) is 5.82 Å². The molecule has 262 valence electrons. The summed E-state index contributed by atoms with van der Waals surface area (Å²) in [6.07, 6.45) is 8.12. The Bertz CT molecular complexity index is 1850. The predicted octanol–water partition coefficient (Wildman–Crippen LogP) is 3.37. The molecule has 12 heteroatoms. The molecule has 3 fully saturated rings. The van der Waals surface area contributed by atoms with Crippen molar-refractivity contribution < 1.29 is 18.9 Å². The van der Waals surface area contributed by atoms with Crippen LogP contribution in [0.25, 0.3) is 0 Å². The van der Waals surface area contributed by atoms with Gasteiger partial charge in [0.05, 0.1) is 24.1 Å². The monoisotopic (exact) mass is 679 g/mol. The molecule has 12 nitrogen and oxygen atoms in total. The number of hydrogen-bond acceptors (Lipinski definition) is 8. The van der Waals surface area contributed by atoms with Crippen LogP contribution in [0.15, 0.2) is 45.7 Å². The van der Waals surface area contributed by atoms with Crippen molar-refractivity contribution in [3.05, 3.63) is 86.2 Å². The van der Waals surface area contributed by atoms with Crippen molar-refractivity contribution in [2.24, 2.45) is 5.92 Å². The molecule has 4 atom stereocenters. The summed E-state index contributed by atoms with van der Waals surface area (Å²) in [4.78, 5) is 58.9. The van der Waals surface area contributed by atoms with Crippen molar-refractivity contribution in [2.75, 3.05) is 20.6 Å². The fraction of sp³-hybridized carbons (Fsp3) is 0.526. The van der Waals surface area contributed by atoms with Gasteiger partial charge < -0.3 is 25.4 Å². The molecule has 4 aliphatic rings. The highest BCUT2D eigenvalue weighted by atomic mass is 16.5. The molecule has 2 heterocycles. The average molecular weight is 680 g/mol. The van der Waals surface area contributed by atoms with E-state index in [1.807, 2.05) is 43.3 Å². The molecule has 0 spiro atoms. The molecule has 3 aliphatic carbocycles. The topological polar surface area (TPSA) is 162 Å². The summed E-state index contributed by atoms with van der Waals surface area (Å²) in [6.45, 7) is 2.09. The van der Waals surface area contributed by atoms with E-state index in [1.54, 1.807) is 23.7 Å². The average Bonchev–Trinajstić information content (AvgIpc) is 3.67. The summed E-state index contributed by atoms with van der Waals surface area (Å²) < 4.78 is 7.70. The third kappa shape index (κ3) is 5.91. The van der Waals surface area contributed by atoms with Crippen LogP contribution in [0.2, 0.25) is 0 Å². The first-order valence-electron chi connectivity index (χ1n) is 17.9. The number of carbonyl (C=O) groups is 3. The number of benzene rings is 2. The number of nitriles is 1. The zero-order valence-electron chi connectivity index (χ0n) is 29.0. The molecule has 3 aromatic rings. The maximum atomic E-state index is 13.5. The maximum absolute atomic E-state index is 13.5. The van der Waals surface area contributed by atoms with E-state index < -0.39 is 11.2 Å². The van der Waals surface area contributed by atoms with Gasteiger partial charge in [0.1, 0.15) is 6.04 Å². The molecule has 1 aromatic heterocycles. The van der Waals surface area contributed by atoms with Gasteiger partial charge in [-0.1, -0.05) is 31.4 Å². The van der Waals surface area contributed by atoms with E-state index >= 15 is 0 Å². The number of likely N-dealkylation sites (tertiary alicyclic amines) is 1. The summed E-state index contributed by atoms with van der Waals surface area (Å²) in [5.41, 5.74) is 3.67. The minimum atomic E-state index is -1.05. The Morgan fingerprint density at radius 2 is 1.60 bits per heavy atom. The van der Waals surface area contributed by atoms with Gasteiger partial charge in [-0.2, -0.15) is 15.0 Å². The fourth-order valence-electron chi connectivity index (χ4n) is 8.92. The second-order valence-corrected chi connectivity index (χ2v) is 14.4. The minimum absolute atomic E-state index is 0.0503. The van der Waals surface area contributed by atoms with Crippen molar-refractivity contribution >= 4 is 17.7 Å². The summed E-state index contributed by atoms with van der Waals surface area (Å²) >= 11 is 0. The van der Waals surface area contributed by atoms with Crippen molar-refractivity contribution in [1.82, 2.24) is 30.6 Å². The van der Waals surface area contributed by atoms with Crippen molar-refractivity contribution in [1.29, 1.82) is 5.26 Å². The van der Waals surface area contributed by atoms with E-state index in [0.717, 1.165) is 67.2 Å². The van der Waals surface area contributed by atoms with Crippen LogP contribution in [0.1, 0.15) is 113 Å². The second-order valence-electron chi connectivity index (χ2n) is 14.4. The second kappa shape index (κ2) is 13.5.